The first-order chi connectivity index (χ1) is 13.9. The molecule has 0 atom stereocenters. The van der Waals surface area contributed by atoms with Gasteiger partial charge in [0, 0.05) is 5.56 Å². The van der Waals surface area contributed by atoms with Crippen LogP contribution in [0.1, 0.15) is 81.8 Å². The van der Waals surface area contributed by atoms with Crippen molar-refractivity contribution < 1.29 is 17.6 Å². The zero-order chi connectivity index (χ0) is 21.0. The van der Waals surface area contributed by atoms with Crippen molar-refractivity contribution in [3.05, 3.63) is 58.7 Å². The molecule has 0 aromatic heterocycles. The molecule has 0 aliphatic heterocycles. The Labute approximate surface area is 171 Å². The van der Waals surface area contributed by atoms with Gasteiger partial charge in [0.2, 0.25) is 0 Å². The molecule has 0 spiro atoms. The van der Waals surface area contributed by atoms with Gasteiger partial charge in [0.25, 0.3) is 0 Å². The molecule has 2 aromatic rings. The van der Waals surface area contributed by atoms with E-state index in [0.717, 1.165) is 43.2 Å². The average molecular weight is 407 g/mol. The van der Waals surface area contributed by atoms with Crippen molar-refractivity contribution in [2.75, 3.05) is 0 Å². The molecule has 158 valence electrons. The van der Waals surface area contributed by atoms with Gasteiger partial charge in [0.1, 0.15) is 11.6 Å². The topological polar surface area (TPSA) is 0 Å². The van der Waals surface area contributed by atoms with Crippen molar-refractivity contribution in [2.45, 2.75) is 77.6 Å². The number of benzene rings is 2. The summed E-state index contributed by atoms with van der Waals surface area (Å²) in [5.41, 5.74) is -0.128. The fraction of sp³-hybridized carbons (Fsp3) is 0.520. The lowest BCUT2D eigenvalue weighted by Gasteiger charge is -2.29. The first-order valence-corrected chi connectivity index (χ1v) is 10.9. The second kappa shape index (κ2) is 9.77. The van der Waals surface area contributed by atoms with Gasteiger partial charge in [-0.25, -0.2) is 17.6 Å². The van der Waals surface area contributed by atoms with Gasteiger partial charge in [-0.2, -0.15) is 0 Å². The highest BCUT2D eigenvalue weighted by atomic mass is 19.2. The highest BCUT2D eigenvalue weighted by molar-refractivity contribution is 5.66. The maximum Gasteiger partial charge on any atom is 0.169 e. The monoisotopic (exact) mass is 406 g/mol. The van der Waals surface area contributed by atoms with Crippen LogP contribution >= 0.6 is 0 Å². The molecule has 2 aromatic carbocycles. The summed E-state index contributed by atoms with van der Waals surface area (Å²) in [6, 6.07) is 5.40. The maximum absolute atomic E-state index is 14.7. The lowest BCUT2D eigenvalue weighted by atomic mass is 9.77. The molecule has 3 rings (SSSR count). The summed E-state index contributed by atoms with van der Waals surface area (Å²) in [4.78, 5) is 0. The van der Waals surface area contributed by atoms with Crippen LogP contribution in [0.2, 0.25) is 0 Å². The van der Waals surface area contributed by atoms with Crippen LogP contribution in [0.5, 0.6) is 0 Å². The molecule has 0 saturated heterocycles. The van der Waals surface area contributed by atoms with Crippen LogP contribution in [-0.2, 0) is 0 Å². The van der Waals surface area contributed by atoms with E-state index in [9.17, 15) is 17.6 Å². The smallest absolute Gasteiger partial charge is 0.169 e. The lowest BCUT2D eigenvalue weighted by Crippen LogP contribution is -2.13. The van der Waals surface area contributed by atoms with Crippen molar-refractivity contribution in [3.63, 3.8) is 0 Å². The Balaban J connectivity index is 1.69. The first kappa shape index (κ1) is 21.9. The fourth-order valence-corrected chi connectivity index (χ4v) is 4.59. The Hall–Kier alpha value is -1.84. The van der Waals surface area contributed by atoms with E-state index in [2.05, 4.69) is 6.92 Å². The molecule has 1 saturated carbocycles. The minimum atomic E-state index is -1.34. The Kier molecular flexibility index (Phi) is 7.37. The van der Waals surface area contributed by atoms with E-state index in [0.29, 0.717) is 0 Å². The van der Waals surface area contributed by atoms with Gasteiger partial charge in [-0.3, -0.25) is 0 Å². The summed E-state index contributed by atoms with van der Waals surface area (Å²) in [5.74, 6) is -3.09. The molecule has 29 heavy (non-hydrogen) atoms. The van der Waals surface area contributed by atoms with Crippen LogP contribution in [-0.4, -0.2) is 0 Å². The lowest BCUT2D eigenvalue weighted by molar-refractivity contribution is 0.302. The third-order valence-corrected chi connectivity index (χ3v) is 6.39. The number of hydrogen-bond donors (Lipinski definition) is 0. The Morgan fingerprint density at radius 3 is 2.21 bits per heavy atom. The van der Waals surface area contributed by atoms with Gasteiger partial charge >= 0.3 is 0 Å². The minimum absolute atomic E-state index is 0.132. The average Bonchev–Trinajstić information content (AvgIpc) is 2.71. The second-order valence-corrected chi connectivity index (χ2v) is 8.48. The second-order valence-electron chi connectivity index (χ2n) is 8.48. The van der Waals surface area contributed by atoms with Crippen LogP contribution in [0.3, 0.4) is 0 Å². The van der Waals surface area contributed by atoms with Crippen LogP contribution < -0.4 is 0 Å². The molecule has 1 fully saturated rings. The fourth-order valence-electron chi connectivity index (χ4n) is 4.59. The molecule has 0 radical (unpaired) electrons. The zero-order valence-corrected chi connectivity index (χ0v) is 17.3. The van der Waals surface area contributed by atoms with E-state index in [1.54, 1.807) is 6.07 Å². The standard InChI is InChI=1S/C25H30F4/c1-3-4-5-6-7-17-8-10-18(11-9-17)19-12-13-20(21(26)15-19)23-22(27)14-16(2)24(28)25(23)29/h12-15,17-18H,3-11H2,1-2H3/t17-,18-. The number of unbranched alkanes of at least 4 members (excludes halogenated alkanes) is 3. The van der Waals surface area contributed by atoms with Crippen LogP contribution in [0, 0.1) is 36.1 Å². The summed E-state index contributed by atoms with van der Waals surface area (Å²) in [6.07, 6.45) is 10.7. The summed E-state index contributed by atoms with van der Waals surface area (Å²) in [7, 11) is 0. The van der Waals surface area contributed by atoms with Gasteiger partial charge in [0.05, 0.1) is 5.56 Å². The molecule has 0 unspecified atom stereocenters. The van der Waals surface area contributed by atoms with Gasteiger partial charge in [0.15, 0.2) is 11.6 Å². The van der Waals surface area contributed by atoms with Gasteiger partial charge in [-0.1, -0.05) is 51.2 Å². The molecule has 0 bridgehead atoms. The van der Waals surface area contributed by atoms with Crippen molar-refractivity contribution in [1.82, 2.24) is 0 Å². The number of halogens is 4. The van der Waals surface area contributed by atoms with Crippen LogP contribution in [0.25, 0.3) is 11.1 Å². The maximum atomic E-state index is 14.7. The quantitative estimate of drug-likeness (QED) is 0.246. The predicted molar refractivity (Wildman–Crippen MR) is 110 cm³/mol. The minimum Gasteiger partial charge on any atom is -0.206 e. The zero-order valence-electron chi connectivity index (χ0n) is 17.3. The third kappa shape index (κ3) is 5.02. The highest BCUT2D eigenvalue weighted by Crippen LogP contribution is 2.39. The number of rotatable bonds is 7. The van der Waals surface area contributed by atoms with E-state index in [4.69, 9.17) is 0 Å². The first-order valence-electron chi connectivity index (χ1n) is 10.9. The summed E-state index contributed by atoms with van der Waals surface area (Å²) >= 11 is 0. The molecule has 0 amide bonds. The van der Waals surface area contributed by atoms with E-state index in [-0.39, 0.29) is 17.0 Å². The third-order valence-electron chi connectivity index (χ3n) is 6.39. The normalized spacial score (nSPS) is 19.5. The molecule has 1 aliphatic rings. The number of aryl methyl sites for hydroxylation is 1. The highest BCUT2D eigenvalue weighted by Gasteiger charge is 2.25. The molecule has 0 N–H and O–H groups in total. The largest absolute Gasteiger partial charge is 0.206 e. The molecule has 1 aliphatic carbocycles. The van der Waals surface area contributed by atoms with Gasteiger partial charge < -0.3 is 0 Å². The SMILES string of the molecule is CCCCCC[C@H]1CC[C@H](c2ccc(-c3c(F)cc(C)c(F)c3F)c(F)c2)CC1. The molecule has 4 heteroatoms. The Morgan fingerprint density at radius 1 is 0.828 bits per heavy atom. The molecular weight excluding hydrogens is 376 g/mol. The van der Waals surface area contributed by atoms with Crippen molar-refractivity contribution in [3.8, 4) is 11.1 Å². The molecule has 0 heterocycles. The Morgan fingerprint density at radius 2 is 1.55 bits per heavy atom. The number of hydrogen-bond acceptors (Lipinski definition) is 0. The van der Waals surface area contributed by atoms with Gasteiger partial charge in [-0.05, 0) is 67.7 Å². The van der Waals surface area contributed by atoms with E-state index < -0.39 is 28.8 Å². The van der Waals surface area contributed by atoms with Crippen LogP contribution in [0.4, 0.5) is 17.6 Å². The summed E-state index contributed by atoms with van der Waals surface area (Å²) < 4.78 is 57.1. The van der Waals surface area contributed by atoms with Crippen molar-refractivity contribution in [2.24, 2.45) is 5.92 Å². The van der Waals surface area contributed by atoms with E-state index in [1.807, 2.05) is 0 Å². The van der Waals surface area contributed by atoms with Crippen molar-refractivity contribution in [1.29, 1.82) is 0 Å². The summed E-state index contributed by atoms with van der Waals surface area (Å²) in [6.45, 7) is 3.50. The Bertz CT molecular complexity index is 835. The molecular formula is C25H30F4. The van der Waals surface area contributed by atoms with E-state index in [1.165, 1.54) is 51.2 Å². The molecule has 0 nitrogen and oxygen atoms in total. The van der Waals surface area contributed by atoms with Crippen molar-refractivity contribution >= 4 is 0 Å². The van der Waals surface area contributed by atoms with Crippen LogP contribution in [0.15, 0.2) is 24.3 Å². The van der Waals surface area contributed by atoms with Gasteiger partial charge in [-0.15, -0.1) is 0 Å². The predicted octanol–water partition coefficient (Wildman–Crippen LogP) is 8.46. The summed E-state index contributed by atoms with van der Waals surface area (Å²) in [5, 5.41) is 0. The van der Waals surface area contributed by atoms with E-state index >= 15 is 0 Å².